The van der Waals surface area contributed by atoms with Crippen LogP contribution in [0.25, 0.3) is 0 Å². The van der Waals surface area contributed by atoms with Gasteiger partial charge >= 0.3 is 11.9 Å². The zero-order valence-corrected chi connectivity index (χ0v) is 36.8. The number of hydrogen-bond acceptors (Lipinski definition) is 14. The van der Waals surface area contributed by atoms with Crippen LogP contribution in [0.1, 0.15) is 120 Å². The minimum absolute atomic E-state index is 0.112. The zero-order valence-electron chi connectivity index (χ0n) is 36.8. The molecule has 5 aliphatic carbocycles. The van der Waals surface area contributed by atoms with E-state index in [2.05, 4.69) is 54.5 Å². The van der Waals surface area contributed by atoms with Gasteiger partial charge in [-0.05, 0) is 103 Å². The first kappa shape index (κ1) is 46.2. The number of allylic oxidation sites excluding steroid dienone is 2. The molecule has 0 aromatic heterocycles. The predicted octanol–water partition coefficient (Wildman–Crippen LogP) is 2.81. The average molecular weight is 853 g/mol. The molecule has 7 rings (SSSR count). The van der Waals surface area contributed by atoms with E-state index in [9.17, 15) is 50.4 Å². The monoisotopic (exact) mass is 852 g/mol. The fourth-order valence-corrected chi connectivity index (χ4v) is 14.4. The summed E-state index contributed by atoms with van der Waals surface area (Å²) in [6.07, 6.45) is -8.51. The van der Waals surface area contributed by atoms with Crippen LogP contribution < -0.4 is 0 Å². The Morgan fingerprint density at radius 1 is 0.767 bits per heavy atom. The molecular formula is C45H72O15. The van der Waals surface area contributed by atoms with Crippen molar-refractivity contribution in [2.45, 2.75) is 200 Å². The number of hydrogen-bond donors (Lipinski definition) is 8. The fraction of sp³-hybridized carbons (Fsp3) is 0.911. The Kier molecular flexibility index (Phi) is 12.1. The van der Waals surface area contributed by atoms with E-state index in [4.69, 9.17) is 23.7 Å². The van der Waals surface area contributed by atoms with Gasteiger partial charge in [0.25, 0.3) is 0 Å². The van der Waals surface area contributed by atoms with Gasteiger partial charge < -0.3 is 64.5 Å². The van der Waals surface area contributed by atoms with Crippen LogP contribution in [0.5, 0.6) is 0 Å². The molecule has 2 heterocycles. The second-order valence-corrected chi connectivity index (χ2v) is 21.9. The highest BCUT2D eigenvalue weighted by molar-refractivity contribution is 5.67. The van der Waals surface area contributed by atoms with Gasteiger partial charge in [-0.2, -0.15) is 0 Å². The van der Waals surface area contributed by atoms with Crippen LogP contribution in [0.3, 0.4) is 0 Å². The van der Waals surface area contributed by atoms with Crippen molar-refractivity contribution in [1.82, 2.24) is 0 Å². The van der Waals surface area contributed by atoms with E-state index in [1.807, 2.05) is 0 Å². The topological polar surface area (TPSA) is 242 Å². The van der Waals surface area contributed by atoms with Gasteiger partial charge in [0, 0.05) is 6.92 Å². The summed E-state index contributed by atoms with van der Waals surface area (Å²) in [5, 5.41) is 86.2. The van der Waals surface area contributed by atoms with Crippen molar-refractivity contribution in [3.8, 4) is 0 Å². The van der Waals surface area contributed by atoms with Gasteiger partial charge in [-0.25, -0.2) is 0 Å². The van der Waals surface area contributed by atoms with Crippen molar-refractivity contribution in [3.63, 3.8) is 0 Å². The lowest BCUT2D eigenvalue weighted by Crippen LogP contribution is -2.70. The Hall–Kier alpha value is -1.76. The third kappa shape index (κ3) is 7.12. The van der Waals surface area contributed by atoms with Gasteiger partial charge in [0.2, 0.25) is 0 Å². The molecule has 8 N–H and O–H groups in total. The summed E-state index contributed by atoms with van der Waals surface area (Å²) < 4.78 is 30.7. The van der Waals surface area contributed by atoms with Gasteiger partial charge in [0.05, 0.1) is 42.9 Å². The van der Waals surface area contributed by atoms with Crippen LogP contribution in [0.4, 0.5) is 0 Å². The molecule has 342 valence electrons. The van der Waals surface area contributed by atoms with Gasteiger partial charge in [0.1, 0.15) is 42.7 Å². The number of carboxylic acid groups (broad SMARTS) is 1. The molecule has 60 heavy (non-hydrogen) atoms. The van der Waals surface area contributed by atoms with Crippen molar-refractivity contribution in [2.75, 3.05) is 6.61 Å². The maximum atomic E-state index is 12.8. The maximum absolute atomic E-state index is 12.8. The molecule has 0 unspecified atom stereocenters. The van der Waals surface area contributed by atoms with Crippen molar-refractivity contribution in [1.29, 1.82) is 0 Å². The van der Waals surface area contributed by atoms with Gasteiger partial charge in [-0.3, -0.25) is 9.59 Å². The van der Waals surface area contributed by atoms with E-state index < -0.39 is 114 Å². The Morgan fingerprint density at radius 3 is 2.07 bits per heavy atom. The summed E-state index contributed by atoms with van der Waals surface area (Å²) in [7, 11) is 0. The summed E-state index contributed by atoms with van der Waals surface area (Å²) in [4.78, 5) is 24.3. The van der Waals surface area contributed by atoms with Crippen LogP contribution in [-0.2, 0) is 33.3 Å². The molecule has 7 aliphatic rings. The second-order valence-electron chi connectivity index (χ2n) is 21.9. The number of esters is 1. The number of aliphatic hydroxyl groups excluding tert-OH is 7. The summed E-state index contributed by atoms with van der Waals surface area (Å²) >= 11 is 0. The smallest absolute Gasteiger partial charge is 0.306 e. The van der Waals surface area contributed by atoms with Crippen LogP contribution in [0.2, 0.25) is 0 Å². The van der Waals surface area contributed by atoms with Crippen molar-refractivity contribution < 1.29 is 74.1 Å². The molecular weight excluding hydrogens is 780 g/mol. The highest BCUT2D eigenvalue weighted by Gasteiger charge is 2.72. The molecule has 0 spiro atoms. The number of carbonyl (C=O) groups is 2. The van der Waals surface area contributed by atoms with Gasteiger partial charge in [-0.15, -0.1) is 0 Å². The van der Waals surface area contributed by atoms with E-state index in [-0.39, 0.29) is 40.6 Å². The number of fused-ring (bicyclic) bond motifs is 7. The quantitative estimate of drug-likeness (QED) is 0.0995. The predicted molar refractivity (Wildman–Crippen MR) is 213 cm³/mol. The number of carbonyl (C=O) groups excluding carboxylic acids is 1. The summed E-state index contributed by atoms with van der Waals surface area (Å²) in [6, 6.07) is 0. The van der Waals surface area contributed by atoms with Crippen molar-refractivity contribution >= 4 is 11.9 Å². The number of ether oxygens (including phenoxy) is 5. The summed E-state index contributed by atoms with van der Waals surface area (Å²) in [5.41, 5.74) is -1.46. The number of rotatable bonds is 8. The molecule has 15 heteroatoms. The average Bonchev–Trinajstić information content (AvgIpc) is 3.13. The normalized spacial score (nSPS) is 52.1. The lowest BCUT2D eigenvalue weighted by atomic mass is 9.33. The van der Waals surface area contributed by atoms with Crippen LogP contribution in [0.15, 0.2) is 11.6 Å². The molecule has 0 aromatic rings. The Morgan fingerprint density at radius 2 is 1.42 bits per heavy atom. The first-order valence-electron chi connectivity index (χ1n) is 22.2. The summed E-state index contributed by atoms with van der Waals surface area (Å²) in [5.74, 6) is -1.55. The molecule has 4 saturated carbocycles. The van der Waals surface area contributed by atoms with Crippen LogP contribution in [0, 0.1) is 50.2 Å². The van der Waals surface area contributed by atoms with Crippen molar-refractivity contribution in [3.05, 3.63) is 11.6 Å². The zero-order chi connectivity index (χ0) is 44.3. The minimum Gasteiger partial charge on any atom is -0.481 e. The first-order valence-corrected chi connectivity index (χ1v) is 22.2. The second kappa shape index (κ2) is 15.7. The standard InChI is InChI=1S/C45H72O15/c1-21-32(50)34(52)36(54)38(57-21)56-20-45-24(17-40(3,4)19-30(45)58-22(2)46)23-10-11-27-42(7)14-13-29(60-39-37(55)35(53)33(51)25(59-39)16-31(48)49)41(5,6)26(42)12-15-43(27,8)44(23,9)18-28(45)47/h10,21,24-30,32-39,47,50-55H,11-20H2,1-9H3,(H,48,49)/t21-,24-,25+,26-,27+,28-,29-,30-,32-,33+,34+,35-,36+,37+,38+,39-,42-,43+,44+,45-/m0/s1. The molecule has 20 atom stereocenters. The molecule has 0 amide bonds. The third-order valence-corrected chi connectivity index (χ3v) is 17.8. The number of aliphatic carboxylic acids is 1. The highest BCUT2D eigenvalue weighted by atomic mass is 16.7. The Balaban J connectivity index is 1.20. The third-order valence-electron chi connectivity index (χ3n) is 17.8. The van der Waals surface area contributed by atoms with Gasteiger partial charge in [-0.1, -0.05) is 60.1 Å². The van der Waals surface area contributed by atoms with E-state index >= 15 is 0 Å². The lowest BCUT2D eigenvalue weighted by molar-refractivity contribution is -0.328. The molecule has 15 nitrogen and oxygen atoms in total. The van der Waals surface area contributed by atoms with E-state index in [1.165, 1.54) is 12.5 Å². The minimum atomic E-state index is -1.63. The summed E-state index contributed by atoms with van der Waals surface area (Å²) in [6.45, 7) is 18.6. The number of aliphatic hydroxyl groups is 7. The lowest BCUT2D eigenvalue weighted by Gasteiger charge is -2.72. The molecule has 0 aromatic carbocycles. The molecule has 2 aliphatic heterocycles. The van der Waals surface area contributed by atoms with E-state index in [1.54, 1.807) is 6.92 Å². The molecule has 6 fully saturated rings. The highest BCUT2D eigenvalue weighted by Crippen LogP contribution is 2.76. The number of carboxylic acids is 1. The largest absolute Gasteiger partial charge is 0.481 e. The maximum Gasteiger partial charge on any atom is 0.306 e. The fourth-order valence-electron chi connectivity index (χ4n) is 14.4. The Bertz CT molecular complexity index is 1670. The Labute approximate surface area is 353 Å². The van der Waals surface area contributed by atoms with Crippen LogP contribution in [-0.4, -0.2) is 139 Å². The SMILES string of the molecule is CC(=O)O[C@H]1CC(C)(C)C[C@H]2C3=CC[C@@H]4[C@@]5(C)CC[C@H](O[C@@H]6O[C@H](CC(=O)O)[C@@H](O)[C@H](O)[C@H]6O)C(C)(C)[C@@H]5CC[C@@]4(C)[C@]3(C)C[C@H](O)[C@@]12CO[C@@H]1O[C@@H](C)[C@H](O)[C@@H](O)[C@H]1O. The molecule has 2 saturated heterocycles. The van der Waals surface area contributed by atoms with Crippen LogP contribution >= 0.6 is 0 Å². The molecule has 0 radical (unpaired) electrons. The van der Waals surface area contributed by atoms with E-state index in [0.717, 1.165) is 25.7 Å². The van der Waals surface area contributed by atoms with Crippen molar-refractivity contribution in [2.24, 2.45) is 50.2 Å². The van der Waals surface area contributed by atoms with E-state index in [0.29, 0.717) is 25.7 Å². The van der Waals surface area contributed by atoms with Gasteiger partial charge in [0.15, 0.2) is 12.6 Å². The molecule has 0 bridgehead atoms. The first-order chi connectivity index (χ1) is 27.7.